The van der Waals surface area contributed by atoms with Crippen molar-refractivity contribution in [2.45, 2.75) is 64.6 Å². The summed E-state index contributed by atoms with van der Waals surface area (Å²) in [4.78, 5) is 9.67. The number of hydrogen-bond donors (Lipinski definition) is 1. The molecule has 2 saturated heterocycles. The molecule has 2 aliphatic heterocycles. The lowest BCUT2D eigenvalue weighted by Crippen LogP contribution is -2.21. The lowest BCUT2D eigenvalue weighted by molar-refractivity contribution is 0.0998. The van der Waals surface area contributed by atoms with E-state index in [0.717, 1.165) is 36.6 Å². The Morgan fingerprint density at radius 1 is 1.24 bits per heavy atom. The van der Waals surface area contributed by atoms with Gasteiger partial charge in [-0.15, -0.1) is 0 Å². The number of rotatable bonds is 5. The van der Waals surface area contributed by atoms with E-state index in [4.69, 9.17) is 14.7 Å². The number of fused-ring (bicyclic) bond motifs is 2. The van der Waals surface area contributed by atoms with Crippen molar-refractivity contribution in [2.75, 3.05) is 13.6 Å². The second-order valence-electron chi connectivity index (χ2n) is 6.81. The maximum absolute atomic E-state index is 5.96. The molecule has 2 aliphatic rings. The van der Waals surface area contributed by atoms with E-state index in [2.05, 4.69) is 26.1 Å². The first-order valence-electron chi connectivity index (χ1n) is 8.22. The summed E-state index contributed by atoms with van der Waals surface area (Å²) in [6.07, 6.45) is 5.38. The van der Waals surface area contributed by atoms with E-state index in [-0.39, 0.29) is 0 Å². The van der Waals surface area contributed by atoms with Crippen molar-refractivity contribution in [3.63, 3.8) is 0 Å². The van der Waals surface area contributed by atoms with Crippen molar-refractivity contribution in [1.29, 1.82) is 0 Å². The van der Waals surface area contributed by atoms with Gasteiger partial charge in [0.05, 0.1) is 12.2 Å². The number of aromatic nitrogens is 2. The smallest absolute Gasteiger partial charge is 0.134 e. The van der Waals surface area contributed by atoms with Crippen LogP contribution in [0.4, 0.5) is 0 Å². The van der Waals surface area contributed by atoms with E-state index in [1.807, 2.05) is 7.05 Å². The fourth-order valence-corrected chi connectivity index (χ4v) is 3.91. The van der Waals surface area contributed by atoms with Crippen LogP contribution in [-0.4, -0.2) is 35.8 Å². The normalized spacial score (nSPS) is 29.0. The van der Waals surface area contributed by atoms with Gasteiger partial charge in [-0.25, -0.2) is 9.97 Å². The van der Waals surface area contributed by atoms with Gasteiger partial charge in [0.25, 0.3) is 0 Å². The van der Waals surface area contributed by atoms with Crippen LogP contribution in [0, 0.1) is 19.8 Å². The van der Waals surface area contributed by atoms with Gasteiger partial charge in [0.2, 0.25) is 0 Å². The Hall–Kier alpha value is -1.00. The van der Waals surface area contributed by atoms with Crippen molar-refractivity contribution >= 4 is 0 Å². The summed E-state index contributed by atoms with van der Waals surface area (Å²) < 4.78 is 5.96. The number of ether oxygens (including phenoxy) is 1. The molecule has 1 aromatic rings. The molecule has 0 spiro atoms. The van der Waals surface area contributed by atoms with E-state index >= 15 is 0 Å². The summed E-state index contributed by atoms with van der Waals surface area (Å²) in [6, 6.07) is 0. The van der Waals surface area contributed by atoms with Crippen LogP contribution in [-0.2, 0) is 11.2 Å². The maximum atomic E-state index is 5.96. The van der Waals surface area contributed by atoms with Crippen molar-refractivity contribution in [3.8, 4) is 0 Å². The molecule has 21 heavy (non-hydrogen) atoms. The van der Waals surface area contributed by atoms with E-state index in [9.17, 15) is 0 Å². The second kappa shape index (κ2) is 6.01. The average Bonchev–Trinajstić information content (AvgIpc) is 3.05. The number of nitrogens with one attached hydrogen (secondary N) is 1. The standard InChI is InChI=1S/C17H27N3O/c1-10(9-18-4)7-14-11(2)19-17(20-12(14)3)15-8-13-5-6-16(15)21-13/h10,13,15-16,18H,5-9H2,1-4H3. The van der Waals surface area contributed by atoms with Gasteiger partial charge in [0.1, 0.15) is 5.82 Å². The van der Waals surface area contributed by atoms with E-state index in [1.54, 1.807) is 0 Å². The molecule has 0 amide bonds. The van der Waals surface area contributed by atoms with Gasteiger partial charge in [0.15, 0.2) is 0 Å². The predicted octanol–water partition coefficient (Wildman–Crippen LogP) is 2.53. The molecule has 0 aliphatic carbocycles. The van der Waals surface area contributed by atoms with Gasteiger partial charge in [0, 0.05) is 17.3 Å². The van der Waals surface area contributed by atoms with Crippen LogP contribution in [0.25, 0.3) is 0 Å². The third-order valence-electron chi connectivity index (χ3n) is 4.98. The summed E-state index contributed by atoms with van der Waals surface area (Å²) in [7, 11) is 2.00. The largest absolute Gasteiger partial charge is 0.374 e. The highest BCUT2D eigenvalue weighted by atomic mass is 16.5. The molecule has 4 nitrogen and oxygen atoms in total. The highest BCUT2D eigenvalue weighted by Crippen LogP contribution is 2.43. The van der Waals surface area contributed by atoms with Crippen LogP contribution in [0.1, 0.15) is 54.9 Å². The minimum absolute atomic E-state index is 0.364. The van der Waals surface area contributed by atoms with Crippen molar-refractivity contribution in [1.82, 2.24) is 15.3 Å². The van der Waals surface area contributed by atoms with E-state index in [0.29, 0.717) is 24.0 Å². The Kier molecular flexibility index (Phi) is 4.27. The van der Waals surface area contributed by atoms with Gasteiger partial charge in [-0.1, -0.05) is 6.92 Å². The molecule has 4 atom stereocenters. The fourth-order valence-electron chi connectivity index (χ4n) is 3.91. The highest BCUT2D eigenvalue weighted by Gasteiger charge is 2.43. The Balaban J connectivity index is 1.79. The summed E-state index contributed by atoms with van der Waals surface area (Å²) >= 11 is 0. The molecule has 2 fully saturated rings. The van der Waals surface area contributed by atoms with Gasteiger partial charge in [-0.05, 0) is 64.6 Å². The molecular formula is C17H27N3O. The number of nitrogens with zero attached hydrogens (tertiary/aromatic N) is 2. The molecule has 4 unspecified atom stereocenters. The average molecular weight is 289 g/mol. The zero-order valence-corrected chi connectivity index (χ0v) is 13.6. The third kappa shape index (κ3) is 2.97. The molecule has 116 valence electrons. The second-order valence-corrected chi connectivity index (χ2v) is 6.81. The molecule has 1 aromatic heterocycles. The summed E-state index contributed by atoms with van der Waals surface area (Å²) in [6.45, 7) is 7.56. The molecule has 0 radical (unpaired) electrons. The molecule has 0 saturated carbocycles. The predicted molar refractivity (Wildman–Crippen MR) is 83.6 cm³/mol. The summed E-state index contributed by atoms with van der Waals surface area (Å²) in [5, 5.41) is 3.24. The first-order valence-corrected chi connectivity index (χ1v) is 8.22. The van der Waals surface area contributed by atoms with Gasteiger partial charge >= 0.3 is 0 Å². The van der Waals surface area contributed by atoms with E-state index < -0.39 is 0 Å². The molecule has 4 heteroatoms. The van der Waals surface area contributed by atoms with Gasteiger partial charge in [-0.2, -0.15) is 0 Å². The van der Waals surface area contributed by atoms with E-state index in [1.165, 1.54) is 18.4 Å². The zero-order valence-electron chi connectivity index (χ0n) is 13.6. The molecule has 2 bridgehead atoms. The Labute approximate surface area is 127 Å². The summed E-state index contributed by atoms with van der Waals surface area (Å²) in [5.74, 6) is 2.04. The van der Waals surface area contributed by atoms with Crippen LogP contribution in [0.2, 0.25) is 0 Å². The van der Waals surface area contributed by atoms with Gasteiger partial charge < -0.3 is 10.1 Å². The van der Waals surface area contributed by atoms with Crippen LogP contribution in [0.3, 0.4) is 0 Å². The maximum Gasteiger partial charge on any atom is 0.134 e. The topological polar surface area (TPSA) is 47.0 Å². The Morgan fingerprint density at radius 3 is 2.48 bits per heavy atom. The van der Waals surface area contributed by atoms with Crippen LogP contribution < -0.4 is 5.32 Å². The molecule has 0 aromatic carbocycles. The number of aryl methyl sites for hydroxylation is 2. The molecule has 3 rings (SSSR count). The van der Waals surface area contributed by atoms with Crippen LogP contribution >= 0.6 is 0 Å². The van der Waals surface area contributed by atoms with Gasteiger partial charge in [-0.3, -0.25) is 0 Å². The number of hydrogen-bond acceptors (Lipinski definition) is 4. The Bertz CT molecular complexity index is 494. The first-order chi connectivity index (χ1) is 10.1. The monoisotopic (exact) mass is 289 g/mol. The quantitative estimate of drug-likeness (QED) is 0.905. The lowest BCUT2D eigenvalue weighted by Gasteiger charge is -2.20. The van der Waals surface area contributed by atoms with Crippen molar-refractivity contribution < 1.29 is 4.74 Å². The minimum atomic E-state index is 0.364. The van der Waals surface area contributed by atoms with Crippen LogP contribution in [0.15, 0.2) is 0 Å². The highest BCUT2D eigenvalue weighted by molar-refractivity contribution is 5.26. The summed E-state index contributed by atoms with van der Waals surface area (Å²) in [5.41, 5.74) is 3.64. The molecule has 1 N–H and O–H groups in total. The van der Waals surface area contributed by atoms with Crippen LogP contribution in [0.5, 0.6) is 0 Å². The minimum Gasteiger partial charge on any atom is -0.374 e. The Morgan fingerprint density at radius 2 is 1.95 bits per heavy atom. The SMILES string of the molecule is CNCC(C)Cc1c(C)nc(C2CC3CCC2O3)nc1C. The molecular weight excluding hydrogens is 262 g/mol. The lowest BCUT2D eigenvalue weighted by atomic mass is 9.88. The molecule has 3 heterocycles. The third-order valence-corrected chi connectivity index (χ3v) is 4.98. The zero-order chi connectivity index (χ0) is 15.0. The fraction of sp³-hybridized carbons (Fsp3) is 0.765. The first kappa shape index (κ1) is 14.9. The van der Waals surface area contributed by atoms with Crippen molar-refractivity contribution in [2.24, 2.45) is 5.92 Å². The van der Waals surface area contributed by atoms with Crippen molar-refractivity contribution in [3.05, 3.63) is 22.8 Å².